The molecule has 4 N–H and O–H groups in total. The number of hydrogen-bond acceptors (Lipinski definition) is 6. The van der Waals surface area contributed by atoms with Gasteiger partial charge in [0, 0.05) is 31.4 Å². The van der Waals surface area contributed by atoms with Gasteiger partial charge in [-0.15, -0.1) is 23.2 Å². The Morgan fingerprint density at radius 2 is 1.44 bits per heavy atom. The van der Waals surface area contributed by atoms with Crippen LogP contribution >= 0.6 is 23.2 Å². The lowest BCUT2D eigenvalue weighted by Crippen LogP contribution is -2.60. The maximum absolute atomic E-state index is 9.77. The Morgan fingerprint density at radius 3 is 1.94 bits per heavy atom. The van der Waals surface area contributed by atoms with Crippen molar-refractivity contribution in [2.24, 2.45) is 0 Å². The van der Waals surface area contributed by atoms with Gasteiger partial charge in [-0.2, -0.15) is 0 Å². The second-order valence-corrected chi connectivity index (χ2v) is 4.97. The summed E-state index contributed by atoms with van der Waals surface area (Å²) in [5.74, 6) is 0.793. The first-order chi connectivity index (χ1) is 8.51. The van der Waals surface area contributed by atoms with E-state index in [-0.39, 0.29) is 6.54 Å². The second-order valence-electron chi connectivity index (χ2n) is 4.22. The van der Waals surface area contributed by atoms with Crippen LogP contribution in [0.25, 0.3) is 0 Å². The van der Waals surface area contributed by atoms with Gasteiger partial charge in [0.2, 0.25) is 0 Å². The molecule has 0 bridgehead atoms. The van der Waals surface area contributed by atoms with Crippen LogP contribution < -0.4 is 0 Å². The molecule has 1 saturated heterocycles. The van der Waals surface area contributed by atoms with E-state index in [0.29, 0.717) is 24.8 Å². The summed E-state index contributed by atoms with van der Waals surface area (Å²) in [6, 6.07) is 0. The van der Waals surface area contributed by atoms with Crippen LogP contribution in [-0.2, 0) is 4.74 Å². The summed E-state index contributed by atoms with van der Waals surface area (Å²) in [7, 11) is 0. The zero-order valence-corrected chi connectivity index (χ0v) is 11.3. The number of aliphatic hydroxyl groups excluding tert-OH is 4. The predicted octanol–water partition coefficient (Wildman–Crippen LogP) is -1.43. The fraction of sp³-hybridized carbons (Fsp3) is 1.00. The van der Waals surface area contributed by atoms with E-state index in [1.807, 2.05) is 4.90 Å². The van der Waals surface area contributed by atoms with Crippen LogP contribution in [0.3, 0.4) is 0 Å². The van der Waals surface area contributed by atoms with Crippen molar-refractivity contribution in [3.63, 3.8) is 0 Å². The molecule has 0 amide bonds. The van der Waals surface area contributed by atoms with Gasteiger partial charge in [-0.05, 0) is 0 Å². The maximum Gasteiger partial charge on any atom is 0.184 e. The van der Waals surface area contributed by atoms with Crippen molar-refractivity contribution in [1.29, 1.82) is 0 Å². The Morgan fingerprint density at radius 1 is 0.889 bits per heavy atom. The molecule has 0 spiro atoms. The second kappa shape index (κ2) is 7.81. The minimum Gasteiger partial charge on any atom is -0.388 e. The standard InChI is InChI=1S/C10H19Cl2NO5/c11-1-3-13(4-2-12)5-6-7(14)8(15)9(16)10(17)18-6/h6-10,14-17H,1-5H2/t6-,7+,8+,9-,10-/m1/s1. The van der Waals surface area contributed by atoms with Crippen molar-refractivity contribution in [3.05, 3.63) is 0 Å². The molecule has 1 aliphatic rings. The molecule has 0 aromatic heterocycles. The van der Waals surface area contributed by atoms with E-state index in [1.165, 1.54) is 0 Å². The lowest BCUT2D eigenvalue weighted by Gasteiger charge is -2.40. The van der Waals surface area contributed by atoms with Crippen molar-refractivity contribution in [1.82, 2.24) is 4.90 Å². The Hall–Kier alpha value is 0.340. The van der Waals surface area contributed by atoms with Crippen molar-refractivity contribution >= 4 is 23.2 Å². The van der Waals surface area contributed by atoms with Crippen molar-refractivity contribution in [2.45, 2.75) is 30.7 Å². The molecule has 0 aromatic rings. The summed E-state index contributed by atoms with van der Waals surface area (Å²) < 4.78 is 5.07. The van der Waals surface area contributed by atoms with Gasteiger partial charge in [-0.25, -0.2) is 0 Å². The monoisotopic (exact) mass is 303 g/mol. The Labute approximate surface area is 116 Å². The smallest absolute Gasteiger partial charge is 0.184 e. The van der Waals surface area contributed by atoms with E-state index in [0.717, 1.165) is 0 Å². The molecular weight excluding hydrogens is 285 g/mol. The highest BCUT2D eigenvalue weighted by atomic mass is 35.5. The molecule has 6 nitrogen and oxygen atoms in total. The number of nitrogens with zero attached hydrogens (tertiary/aromatic N) is 1. The molecule has 0 aliphatic carbocycles. The van der Waals surface area contributed by atoms with E-state index in [9.17, 15) is 20.4 Å². The molecule has 0 unspecified atom stereocenters. The number of ether oxygens (including phenoxy) is 1. The lowest BCUT2D eigenvalue weighted by atomic mass is 9.98. The van der Waals surface area contributed by atoms with Crippen LogP contribution in [0.5, 0.6) is 0 Å². The van der Waals surface area contributed by atoms with Crippen LogP contribution in [0.4, 0.5) is 0 Å². The van der Waals surface area contributed by atoms with Gasteiger partial charge in [0.05, 0.1) is 0 Å². The Balaban J connectivity index is 2.58. The summed E-state index contributed by atoms with van der Waals surface area (Å²) in [5, 5.41) is 38.1. The van der Waals surface area contributed by atoms with E-state index in [4.69, 9.17) is 27.9 Å². The number of halogens is 2. The molecule has 5 atom stereocenters. The van der Waals surface area contributed by atoms with Crippen LogP contribution in [0, 0.1) is 0 Å². The normalized spacial score (nSPS) is 37.2. The first-order valence-electron chi connectivity index (χ1n) is 5.73. The average Bonchev–Trinajstić information content (AvgIpc) is 2.34. The first-order valence-corrected chi connectivity index (χ1v) is 6.80. The zero-order valence-electron chi connectivity index (χ0n) is 9.82. The largest absolute Gasteiger partial charge is 0.388 e. The third-order valence-electron chi connectivity index (χ3n) is 2.93. The van der Waals surface area contributed by atoms with Gasteiger partial charge >= 0.3 is 0 Å². The topological polar surface area (TPSA) is 93.4 Å². The molecule has 1 heterocycles. The van der Waals surface area contributed by atoms with Gasteiger partial charge in [0.1, 0.15) is 24.4 Å². The predicted molar refractivity (Wildman–Crippen MR) is 66.8 cm³/mol. The SMILES string of the molecule is O[C@@H]1[C@@H](O)[C@H](O)O[C@H](CN(CCCl)CCCl)[C@@H]1O. The third kappa shape index (κ3) is 4.18. The third-order valence-corrected chi connectivity index (χ3v) is 3.26. The number of alkyl halides is 2. The summed E-state index contributed by atoms with van der Waals surface area (Å²) >= 11 is 11.3. The molecule has 0 radical (unpaired) electrons. The van der Waals surface area contributed by atoms with Crippen molar-refractivity contribution < 1.29 is 25.2 Å². The van der Waals surface area contributed by atoms with Gasteiger partial charge in [0.25, 0.3) is 0 Å². The minimum absolute atomic E-state index is 0.265. The summed E-state index contributed by atoms with van der Waals surface area (Å²) in [6.07, 6.45) is -6.53. The molecule has 0 saturated carbocycles. The molecule has 0 aromatic carbocycles. The highest BCUT2D eigenvalue weighted by molar-refractivity contribution is 6.18. The first kappa shape index (κ1) is 16.4. The van der Waals surface area contributed by atoms with E-state index >= 15 is 0 Å². The van der Waals surface area contributed by atoms with E-state index in [1.54, 1.807) is 0 Å². The van der Waals surface area contributed by atoms with Crippen LogP contribution in [0.2, 0.25) is 0 Å². The summed E-state index contributed by atoms with van der Waals surface area (Å²) in [6.45, 7) is 1.37. The highest BCUT2D eigenvalue weighted by Gasteiger charge is 2.43. The molecule has 108 valence electrons. The lowest BCUT2D eigenvalue weighted by molar-refractivity contribution is -0.283. The highest BCUT2D eigenvalue weighted by Crippen LogP contribution is 2.20. The molecule has 1 aliphatic heterocycles. The van der Waals surface area contributed by atoms with Crippen LogP contribution in [0.15, 0.2) is 0 Å². The molecule has 1 rings (SSSR count). The average molecular weight is 304 g/mol. The number of aliphatic hydroxyl groups is 4. The summed E-state index contributed by atoms with van der Waals surface area (Å²) in [5.41, 5.74) is 0. The Kier molecular flexibility index (Phi) is 7.12. The van der Waals surface area contributed by atoms with E-state index in [2.05, 4.69) is 0 Å². The molecule has 8 heteroatoms. The number of hydrogen-bond donors (Lipinski definition) is 4. The fourth-order valence-electron chi connectivity index (χ4n) is 1.87. The Bertz CT molecular complexity index is 242. The van der Waals surface area contributed by atoms with Crippen LogP contribution in [0.1, 0.15) is 0 Å². The fourth-order valence-corrected chi connectivity index (χ4v) is 2.35. The molecule has 18 heavy (non-hydrogen) atoms. The van der Waals surface area contributed by atoms with Crippen molar-refractivity contribution in [3.8, 4) is 0 Å². The minimum atomic E-state index is -1.51. The van der Waals surface area contributed by atoms with Gasteiger partial charge < -0.3 is 25.2 Å². The number of rotatable bonds is 6. The zero-order chi connectivity index (χ0) is 13.7. The van der Waals surface area contributed by atoms with E-state index < -0.39 is 30.7 Å². The van der Waals surface area contributed by atoms with Crippen molar-refractivity contribution in [2.75, 3.05) is 31.4 Å². The molecule has 1 fully saturated rings. The quantitative estimate of drug-likeness (QED) is 0.450. The maximum atomic E-state index is 9.77. The van der Waals surface area contributed by atoms with Gasteiger partial charge in [0.15, 0.2) is 6.29 Å². The van der Waals surface area contributed by atoms with Gasteiger partial charge in [-0.1, -0.05) is 0 Å². The summed E-state index contributed by atoms with van der Waals surface area (Å²) in [4.78, 5) is 1.85. The molecular formula is C10H19Cl2NO5. The van der Waals surface area contributed by atoms with Gasteiger partial charge in [-0.3, -0.25) is 4.90 Å². The van der Waals surface area contributed by atoms with Crippen LogP contribution in [-0.4, -0.2) is 87.4 Å².